The van der Waals surface area contributed by atoms with Crippen LogP contribution in [-0.2, 0) is 21.3 Å². The summed E-state index contributed by atoms with van der Waals surface area (Å²) in [7, 11) is -3.96. The second-order valence-corrected chi connectivity index (χ2v) is 10.9. The van der Waals surface area contributed by atoms with Crippen LogP contribution in [0.25, 0.3) is 0 Å². The maximum Gasteiger partial charge on any atom is 0.412 e. The van der Waals surface area contributed by atoms with E-state index < -0.39 is 28.2 Å². The molecule has 1 N–H and O–H groups in total. The van der Waals surface area contributed by atoms with Gasteiger partial charge in [-0.25, -0.2) is 18.2 Å². The largest absolute Gasteiger partial charge is 0.414 e. The maximum absolute atomic E-state index is 13.9. The molecule has 3 aromatic rings. The average molecular weight is 529 g/mol. The molecule has 0 bridgehead atoms. The van der Waals surface area contributed by atoms with Crippen molar-refractivity contribution in [3.63, 3.8) is 0 Å². The van der Waals surface area contributed by atoms with Crippen LogP contribution >= 0.6 is 11.6 Å². The van der Waals surface area contributed by atoms with E-state index in [1.807, 2.05) is 41.1 Å². The lowest BCUT2D eigenvalue weighted by Gasteiger charge is -2.41. The van der Waals surface area contributed by atoms with Crippen molar-refractivity contribution >= 4 is 27.7 Å². The molecule has 10 heteroatoms. The van der Waals surface area contributed by atoms with Gasteiger partial charge in [0.1, 0.15) is 5.76 Å². The third-order valence-corrected chi connectivity index (χ3v) is 8.34. The van der Waals surface area contributed by atoms with Crippen molar-refractivity contribution in [1.82, 2.24) is 19.2 Å². The maximum atomic E-state index is 13.9. The van der Waals surface area contributed by atoms with Crippen LogP contribution in [0.3, 0.4) is 0 Å². The normalized spacial score (nSPS) is 18.5. The van der Waals surface area contributed by atoms with Crippen LogP contribution in [0.15, 0.2) is 90.6 Å². The van der Waals surface area contributed by atoms with Gasteiger partial charge in [-0.05, 0) is 55.5 Å². The molecule has 2 aromatic carbocycles. The van der Waals surface area contributed by atoms with E-state index in [1.165, 1.54) is 16.4 Å². The Morgan fingerprint density at radius 1 is 1.14 bits per heavy atom. The van der Waals surface area contributed by atoms with E-state index in [0.29, 0.717) is 37.4 Å². The molecular weight excluding hydrogens is 500 g/mol. The Bertz CT molecular complexity index is 1270. The standard InChI is InChI=1S/C26H29ClN4O4S/c1-20(35-26(32)29-15-6-17-30-18-16-28-19-30)24-9-5-10-25(21-7-3-2-4-8-21)31(24)36(33,34)23-13-11-22(27)12-14-23/h2-4,7-8,11-14,16,18-19,24-25H,1,5-6,9-10,15,17H2,(H,29,32)/t24-,25+/m1/s1. The van der Waals surface area contributed by atoms with Gasteiger partial charge in [-0.3, -0.25) is 0 Å². The summed E-state index contributed by atoms with van der Waals surface area (Å²) in [6.45, 7) is 5.07. The summed E-state index contributed by atoms with van der Waals surface area (Å²) in [5.41, 5.74) is 0.872. The van der Waals surface area contributed by atoms with E-state index in [4.69, 9.17) is 16.3 Å². The number of piperidine rings is 1. The summed E-state index contributed by atoms with van der Waals surface area (Å²) in [6.07, 6.45) is 7.17. The van der Waals surface area contributed by atoms with Gasteiger partial charge >= 0.3 is 6.09 Å². The highest BCUT2D eigenvalue weighted by atomic mass is 35.5. The zero-order valence-electron chi connectivity index (χ0n) is 19.8. The number of amides is 1. The lowest BCUT2D eigenvalue weighted by atomic mass is 9.93. The SMILES string of the molecule is C=C(OC(=O)NCCCn1ccnc1)[C@H]1CCC[C@@H](c2ccccc2)N1S(=O)(=O)c1ccc(Cl)cc1. The molecule has 2 atom stereocenters. The number of imidazole rings is 1. The highest BCUT2D eigenvalue weighted by Crippen LogP contribution is 2.41. The highest BCUT2D eigenvalue weighted by molar-refractivity contribution is 7.89. The lowest BCUT2D eigenvalue weighted by molar-refractivity contribution is 0.130. The lowest BCUT2D eigenvalue weighted by Crippen LogP contribution is -2.47. The van der Waals surface area contributed by atoms with E-state index in [-0.39, 0.29) is 10.7 Å². The first-order valence-corrected chi connectivity index (χ1v) is 13.6. The zero-order valence-corrected chi connectivity index (χ0v) is 21.4. The van der Waals surface area contributed by atoms with Gasteiger partial charge in [0, 0.05) is 30.5 Å². The Morgan fingerprint density at radius 2 is 1.89 bits per heavy atom. The Labute approximate surface area is 216 Å². The predicted molar refractivity (Wildman–Crippen MR) is 138 cm³/mol. The van der Waals surface area contributed by atoms with E-state index in [1.54, 1.807) is 24.7 Å². The molecule has 1 amide bonds. The first-order valence-electron chi connectivity index (χ1n) is 11.8. The van der Waals surface area contributed by atoms with Crippen LogP contribution < -0.4 is 5.32 Å². The van der Waals surface area contributed by atoms with Crippen LogP contribution in [-0.4, -0.2) is 41.0 Å². The summed E-state index contributed by atoms with van der Waals surface area (Å²) in [6, 6.07) is 14.4. The molecule has 8 nitrogen and oxygen atoms in total. The van der Waals surface area contributed by atoms with E-state index >= 15 is 0 Å². The third-order valence-electron chi connectivity index (χ3n) is 6.16. The Morgan fingerprint density at radius 3 is 2.58 bits per heavy atom. The Balaban J connectivity index is 1.51. The molecule has 1 aliphatic heterocycles. The number of alkyl carbamates (subject to hydrolysis) is 1. The number of benzene rings is 2. The topological polar surface area (TPSA) is 93.5 Å². The number of halogens is 1. The van der Waals surface area contributed by atoms with Crippen LogP contribution in [0, 0.1) is 0 Å². The second-order valence-electron chi connectivity index (χ2n) is 8.60. The zero-order chi connectivity index (χ0) is 25.5. The summed E-state index contributed by atoms with van der Waals surface area (Å²) in [5.74, 6) is 0.0975. The minimum Gasteiger partial charge on any atom is -0.414 e. The third kappa shape index (κ3) is 6.16. The number of rotatable bonds is 9. The number of carbonyl (C=O) groups is 1. The second kappa shape index (κ2) is 11.7. The fourth-order valence-corrected chi connectivity index (χ4v) is 6.40. The molecule has 0 radical (unpaired) electrons. The highest BCUT2D eigenvalue weighted by Gasteiger charge is 2.42. The van der Waals surface area contributed by atoms with Crippen molar-refractivity contribution < 1.29 is 17.9 Å². The van der Waals surface area contributed by atoms with Gasteiger partial charge in [0.2, 0.25) is 10.0 Å². The number of sulfonamides is 1. The molecule has 1 aromatic heterocycles. The number of aromatic nitrogens is 2. The first kappa shape index (κ1) is 25.9. The van der Waals surface area contributed by atoms with Gasteiger partial charge < -0.3 is 14.6 Å². The van der Waals surface area contributed by atoms with Gasteiger partial charge in [0.05, 0.1) is 23.3 Å². The number of nitrogens with zero attached hydrogens (tertiary/aromatic N) is 3. The summed E-state index contributed by atoms with van der Waals surface area (Å²) in [4.78, 5) is 16.6. The van der Waals surface area contributed by atoms with Crippen LogP contribution in [0.5, 0.6) is 0 Å². The van der Waals surface area contributed by atoms with Crippen LogP contribution in [0.1, 0.15) is 37.3 Å². The average Bonchev–Trinajstić information content (AvgIpc) is 3.40. The fraction of sp³-hybridized carbons (Fsp3) is 0.308. The molecule has 0 saturated carbocycles. The van der Waals surface area contributed by atoms with Crippen LogP contribution in [0.4, 0.5) is 4.79 Å². The van der Waals surface area contributed by atoms with Crippen molar-refractivity contribution in [3.8, 4) is 0 Å². The van der Waals surface area contributed by atoms with E-state index in [0.717, 1.165) is 12.0 Å². The van der Waals surface area contributed by atoms with Gasteiger partial charge in [-0.15, -0.1) is 0 Å². The molecule has 36 heavy (non-hydrogen) atoms. The summed E-state index contributed by atoms with van der Waals surface area (Å²) >= 11 is 6.00. The van der Waals surface area contributed by atoms with Crippen molar-refractivity contribution in [3.05, 3.63) is 96.2 Å². The van der Waals surface area contributed by atoms with Crippen LogP contribution in [0.2, 0.25) is 5.02 Å². The molecule has 0 aliphatic carbocycles. The van der Waals surface area contributed by atoms with Gasteiger partial charge in [0.15, 0.2) is 0 Å². The Hall–Kier alpha value is -3.14. The molecule has 1 saturated heterocycles. The Kier molecular flexibility index (Phi) is 8.45. The fourth-order valence-electron chi connectivity index (χ4n) is 4.43. The van der Waals surface area contributed by atoms with Gasteiger partial charge in [0.25, 0.3) is 0 Å². The smallest absolute Gasteiger partial charge is 0.412 e. The molecule has 2 heterocycles. The molecule has 1 fully saturated rings. The number of carbonyl (C=O) groups excluding carboxylic acids is 1. The van der Waals surface area contributed by atoms with Gasteiger partial charge in [-0.2, -0.15) is 4.31 Å². The molecule has 0 spiro atoms. The summed E-state index contributed by atoms with van der Waals surface area (Å²) < 4.78 is 36.6. The summed E-state index contributed by atoms with van der Waals surface area (Å²) in [5, 5.41) is 3.16. The van der Waals surface area contributed by atoms with Crippen molar-refractivity contribution in [1.29, 1.82) is 0 Å². The number of ether oxygens (including phenoxy) is 1. The number of hydrogen-bond donors (Lipinski definition) is 1. The molecular formula is C26H29ClN4O4S. The monoisotopic (exact) mass is 528 g/mol. The van der Waals surface area contributed by atoms with E-state index in [2.05, 4.69) is 16.9 Å². The molecule has 4 rings (SSSR count). The molecule has 190 valence electrons. The quantitative estimate of drug-likeness (QED) is 0.306. The van der Waals surface area contributed by atoms with Crippen molar-refractivity contribution in [2.45, 2.75) is 49.2 Å². The van der Waals surface area contributed by atoms with Crippen molar-refractivity contribution in [2.24, 2.45) is 0 Å². The number of aryl methyl sites for hydroxylation is 1. The minimum atomic E-state index is -3.96. The molecule has 1 aliphatic rings. The minimum absolute atomic E-state index is 0.0975. The predicted octanol–water partition coefficient (Wildman–Crippen LogP) is 5.15. The number of hydrogen-bond acceptors (Lipinski definition) is 5. The van der Waals surface area contributed by atoms with Gasteiger partial charge in [-0.1, -0.05) is 48.5 Å². The number of nitrogens with one attached hydrogen (secondary N) is 1. The van der Waals surface area contributed by atoms with E-state index in [9.17, 15) is 13.2 Å². The van der Waals surface area contributed by atoms with Crippen molar-refractivity contribution in [2.75, 3.05) is 6.54 Å². The molecule has 0 unspecified atom stereocenters. The first-order chi connectivity index (χ1) is 17.4.